The number of rotatable bonds is 2. The van der Waals surface area contributed by atoms with Crippen LogP contribution in [0.2, 0.25) is 5.02 Å². The van der Waals surface area contributed by atoms with Gasteiger partial charge < -0.3 is 5.32 Å². The van der Waals surface area contributed by atoms with Crippen molar-refractivity contribution in [2.75, 3.05) is 17.6 Å². The molecule has 2 aromatic heterocycles. The van der Waals surface area contributed by atoms with Crippen LogP contribution in [0, 0.1) is 6.92 Å². The van der Waals surface area contributed by atoms with E-state index >= 15 is 0 Å². The zero-order chi connectivity index (χ0) is 17.4. The topological polar surface area (TPSA) is 42.7 Å². The molecule has 0 radical (unpaired) electrons. The van der Waals surface area contributed by atoms with Crippen molar-refractivity contribution in [2.24, 2.45) is 7.05 Å². The minimum atomic E-state index is 0.175. The Kier molecular flexibility index (Phi) is 4.44. The molecule has 1 unspecified atom stereocenters. The molecule has 3 heterocycles. The van der Waals surface area contributed by atoms with E-state index in [9.17, 15) is 0 Å². The van der Waals surface area contributed by atoms with Crippen molar-refractivity contribution in [3.05, 3.63) is 64.3 Å². The van der Waals surface area contributed by atoms with Crippen LogP contribution in [-0.2, 0) is 7.05 Å². The molecule has 1 aliphatic rings. The number of thioether (sulfide) groups is 1. The lowest BCUT2D eigenvalue weighted by Gasteiger charge is -2.19. The molecule has 0 saturated heterocycles. The van der Waals surface area contributed by atoms with Crippen LogP contribution in [0.4, 0.5) is 5.82 Å². The molecule has 1 aromatic carbocycles. The number of aryl methyl sites for hydroxylation is 2. The standard InChI is InChI=1S/C19H19ClN4S/c1-12-6-7-13(20)11-14(12)18-16-17(15-5-3-4-8-21-15)23-24(2)19(16)22-9-10-25-18/h3-8,11,18,22H,9-10H2,1-2H3. The first-order valence-electron chi connectivity index (χ1n) is 8.25. The minimum absolute atomic E-state index is 0.175. The Morgan fingerprint density at radius 1 is 1.28 bits per heavy atom. The van der Waals surface area contributed by atoms with Gasteiger partial charge >= 0.3 is 0 Å². The van der Waals surface area contributed by atoms with Gasteiger partial charge in [0.25, 0.3) is 0 Å². The number of nitrogens with one attached hydrogen (secondary N) is 1. The zero-order valence-electron chi connectivity index (χ0n) is 14.2. The molecule has 0 fully saturated rings. The van der Waals surface area contributed by atoms with Crippen molar-refractivity contribution in [1.29, 1.82) is 0 Å². The number of pyridine rings is 1. The maximum atomic E-state index is 6.31. The molecule has 0 aliphatic carbocycles. The zero-order valence-corrected chi connectivity index (χ0v) is 15.7. The van der Waals surface area contributed by atoms with E-state index in [0.29, 0.717) is 0 Å². The van der Waals surface area contributed by atoms with Gasteiger partial charge in [-0.3, -0.25) is 9.67 Å². The molecule has 0 amide bonds. The molecule has 0 bridgehead atoms. The number of anilines is 1. The van der Waals surface area contributed by atoms with Gasteiger partial charge in [-0.2, -0.15) is 5.10 Å². The van der Waals surface area contributed by atoms with Gasteiger partial charge in [-0.25, -0.2) is 0 Å². The average molecular weight is 371 g/mol. The molecular formula is C19H19ClN4S. The molecule has 1 aliphatic heterocycles. The van der Waals surface area contributed by atoms with E-state index in [-0.39, 0.29) is 5.25 Å². The number of fused-ring (bicyclic) bond motifs is 1. The van der Waals surface area contributed by atoms with E-state index < -0.39 is 0 Å². The summed E-state index contributed by atoms with van der Waals surface area (Å²) in [4.78, 5) is 4.53. The highest BCUT2D eigenvalue weighted by Gasteiger charge is 2.30. The van der Waals surface area contributed by atoms with Crippen LogP contribution in [0.1, 0.15) is 21.9 Å². The fourth-order valence-electron chi connectivity index (χ4n) is 3.26. The smallest absolute Gasteiger partial charge is 0.129 e. The number of aromatic nitrogens is 3. The SMILES string of the molecule is Cc1ccc(Cl)cc1C1SCCNc2c1c(-c1ccccn1)nn2C. The van der Waals surface area contributed by atoms with Crippen LogP contribution >= 0.6 is 23.4 Å². The second-order valence-electron chi connectivity index (χ2n) is 6.13. The summed E-state index contributed by atoms with van der Waals surface area (Å²) in [5, 5.41) is 9.26. The molecular weight excluding hydrogens is 352 g/mol. The van der Waals surface area contributed by atoms with E-state index in [4.69, 9.17) is 16.7 Å². The van der Waals surface area contributed by atoms with E-state index in [1.54, 1.807) is 0 Å². The largest absolute Gasteiger partial charge is 0.369 e. The van der Waals surface area contributed by atoms with Crippen LogP contribution in [0.3, 0.4) is 0 Å². The number of benzene rings is 1. The number of halogens is 1. The maximum Gasteiger partial charge on any atom is 0.129 e. The van der Waals surface area contributed by atoms with Crippen molar-refractivity contribution in [3.63, 3.8) is 0 Å². The molecule has 0 saturated carbocycles. The summed E-state index contributed by atoms with van der Waals surface area (Å²) in [7, 11) is 1.98. The number of nitrogens with zero attached hydrogens (tertiary/aromatic N) is 3. The summed E-state index contributed by atoms with van der Waals surface area (Å²) in [5.74, 6) is 2.09. The van der Waals surface area contributed by atoms with Crippen molar-refractivity contribution in [3.8, 4) is 11.4 Å². The summed E-state index contributed by atoms with van der Waals surface area (Å²) >= 11 is 8.23. The van der Waals surface area contributed by atoms with Gasteiger partial charge in [-0.1, -0.05) is 23.7 Å². The number of hydrogen-bond acceptors (Lipinski definition) is 4. The van der Waals surface area contributed by atoms with Crippen molar-refractivity contribution in [2.45, 2.75) is 12.2 Å². The molecule has 3 aromatic rings. The van der Waals surface area contributed by atoms with Crippen LogP contribution < -0.4 is 5.32 Å². The Hall–Kier alpha value is -1.98. The first-order chi connectivity index (χ1) is 12.1. The molecule has 4 nitrogen and oxygen atoms in total. The summed E-state index contributed by atoms with van der Waals surface area (Å²) in [6, 6.07) is 12.1. The van der Waals surface area contributed by atoms with Gasteiger partial charge in [-0.15, -0.1) is 11.8 Å². The molecule has 1 atom stereocenters. The summed E-state index contributed by atoms with van der Waals surface area (Å²) in [6.45, 7) is 3.05. The molecule has 4 rings (SSSR count). The van der Waals surface area contributed by atoms with Gasteiger partial charge in [0, 0.05) is 36.1 Å². The van der Waals surface area contributed by atoms with Gasteiger partial charge in [0.2, 0.25) is 0 Å². The third-order valence-electron chi connectivity index (χ3n) is 4.46. The highest BCUT2D eigenvalue weighted by molar-refractivity contribution is 7.99. The Labute approximate surface area is 156 Å². The maximum absolute atomic E-state index is 6.31. The van der Waals surface area contributed by atoms with E-state index in [1.165, 1.54) is 16.7 Å². The predicted molar refractivity (Wildman–Crippen MR) is 105 cm³/mol. The molecule has 25 heavy (non-hydrogen) atoms. The first-order valence-corrected chi connectivity index (χ1v) is 9.67. The summed E-state index contributed by atoms with van der Waals surface area (Å²) < 4.78 is 1.93. The highest BCUT2D eigenvalue weighted by Crippen LogP contribution is 2.46. The monoisotopic (exact) mass is 370 g/mol. The Balaban J connectivity index is 1.94. The van der Waals surface area contributed by atoms with Crippen molar-refractivity contribution < 1.29 is 0 Å². The van der Waals surface area contributed by atoms with E-state index in [1.807, 2.05) is 54.0 Å². The Bertz CT molecular complexity index is 907. The molecule has 0 spiro atoms. The second-order valence-corrected chi connectivity index (χ2v) is 7.78. The fraction of sp³-hybridized carbons (Fsp3) is 0.263. The lowest BCUT2D eigenvalue weighted by atomic mass is 9.98. The van der Waals surface area contributed by atoms with Crippen LogP contribution in [0.15, 0.2) is 42.6 Å². The minimum Gasteiger partial charge on any atom is -0.369 e. The van der Waals surface area contributed by atoms with Crippen molar-refractivity contribution >= 4 is 29.2 Å². The fourth-order valence-corrected chi connectivity index (χ4v) is 4.72. The predicted octanol–water partition coefficient (Wildman–Crippen LogP) is 4.69. The van der Waals surface area contributed by atoms with Gasteiger partial charge in [-0.05, 0) is 42.3 Å². The third kappa shape index (κ3) is 3.02. The molecule has 128 valence electrons. The van der Waals surface area contributed by atoms with Crippen LogP contribution in [0.25, 0.3) is 11.4 Å². The average Bonchev–Trinajstić information content (AvgIpc) is 2.81. The Morgan fingerprint density at radius 3 is 2.96 bits per heavy atom. The molecule has 1 N–H and O–H groups in total. The van der Waals surface area contributed by atoms with Gasteiger partial charge in [0.1, 0.15) is 11.5 Å². The van der Waals surface area contributed by atoms with Gasteiger partial charge in [0.05, 0.1) is 10.9 Å². The second kappa shape index (κ2) is 6.73. The van der Waals surface area contributed by atoms with Crippen LogP contribution in [0.5, 0.6) is 0 Å². The highest BCUT2D eigenvalue weighted by atomic mass is 35.5. The van der Waals surface area contributed by atoms with Gasteiger partial charge in [0.15, 0.2) is 0 Å². The lowest BCUT2D eigenvalue weighted by Crippen LogP contribution is -2.06. The number of hydrogen-bond donors (Lipinski definition) is 1. The van der Waals surface area contributed by atoms with Crippen LogP contribution in [-0.4, -0.2) is 27.1 Å². The van der Waals surface area contributed by atoms with E-state index in [2.05, 4.69) is 29.4 Å². The lowest BCUT2D eigenvalue weighted by molar-refractivity contribution is 0.773. The van der Waals surface area contributed by atoms with E-state index in [0.717, 1.165) is 34.5 Å². The quantitative estimate of drug-likeness (QED) is 0.710. The Morgan fingerprint density at radius 2 is 2.16 bits per heavy atom. The van der Waals surface area contributed by atoms with Crippen molar-refractivity contribution in [1.82, 2.24) is 14.8 Å². The summed E-state index contributed by atoms with van der Waals surface area (Å²) in [5.41, 5.74) is 5.50. The summed E-state index contributed by atoms with van der Waals surface area (Å²) in [6.07, 6.45) is 1.81. The third-order valence-corrected chi connectivity index (χ3v) is 5.95. The molecule has 6 heteroatoms. The first kappa shape index (κ1) is 16.5. The normalized spacial score (nSPS) is 16.8.